The van der Waals surface area contributed by atoms with Crippen LogP contribution >= 0.6 is 12.6 Å². The molecule has 1 N–H and O–H groups in total. The molecule has 1 heterocycles. The van der Waals surface area contributed by atoms with E-state index in [1.165, 1.54) is 17.9 Å². The standard InChI is InChI=1S/C5H11NOS.C3H8/c7-6-4-2-1-3-5(6)8;1-3-2/h5,7-8H,1-4H2;3H2,1-2H3. The summed E-state index contributed by atoms with van der Waals surface area (Å²) in [5.41, 5.74) is 0. The van der Waals surface area contributed by atoms with E-state index in [9.17, 15) is 0 Å². The van der Waals surface area contributed by atoms with Crippen molar-refractivity contribution in [2.24, 2.45) is 0 Å². The maximum absolute atomic E-state index is 8.93. The highest BCUT2D eigenvalue weighted by Crippen LogP contribution is 2.16. The van der Waals surface area contributed by atoms with Crippen molar-refractivity contribution in [3.8, 4) is 0 Å². The van der Waals surface area contributed by atoms with Crippen molar-refractivity contribution in [2.75, 3.05) is 6.54 Å². The first kappa shape index (κ1) is 11.3. The van der Waals surface area contributed by atoms with Crippen LogP contribution in [0.3, 0.4) is 0 Å². The highest BCUT2D eigenvalue weighted by Gasteiger charge is 2.15. The Balaban J connectivity index is 0.000000292. The molecular weight excluding hydrogens is 158 g/mol. The van der Waals surface area contributed by atoms with Crippen LogP contribution in [-0.4, -0.2) is 22.2 Å². The molecule has 0 aromatic heterocycles. The summed E-state index contributed by atoms with van der Waals surface area (Å²) in [5, 5.41) is 10.3. The lowest BCUT2D eigenvalue weighted by Crippen LogP contribution is -2.32. The summed E-state index contributed by atoms with van der Waals surface area (Å²) in [6.45, 7) is 5.04. The fourth-order valence-corrected chi connectivity index (χ4v) is 1.20. The van der Waals surface area contributed by atoms with E-state index in [4.69, 9.17) is 5.21 Å². The molecule has 0 radical (unpaired) electrons. The number of hydrogen-bond acceptors (Lipinski definition) is 3. The van der Waals surface area contributed by atoms with E-state index in [0.717, 1.165) is 19.4 Å². The average molecular weight is 177 g/mol. The molecule has 1 fully saturated rings. The van der Waals surface area contributed by atoms with Crippen LogP contribution in [0.15, 0.2) is 0 Å². The zero-order valence-electron chi connectivity index (χ0n) is 7.45. The third kappa shape index (κ3) is 5.53. The quantitative estimate of drug-likeness (QED) is 0.555. The van der Waals surface area contributed by atoms with Gasteiger partial charge in [0.25, 0.3) is 0 Å². The van der Waals surface area contributed by atoms with Gasteiger partial charge in [0.05, 0.1) is 5.37 Å². The van der Waals surface area contributed by atoms with Crippen LogP contribution in [0.4, 0.5) is 0 Å². The molecule has 0 bridgehead atoms. The summed E-state index contributed by atoms with van der Waals surface area (Å²) < 4.78 is 0. The average Bonchev–Trinajstić information content (AvgIpc) is 1.97. The molecule has 0 saturated carbocycles. The highest BCUT2D eigenvalue weighted by atomic mass is 32.1. The van der Waals surface area contributed by atoms with Crippen LogP contribution in [0.1, 0.15) is 39.5 Å². The molecule has 3 heteroatoms. The van der Waals surface area contributed by atoms with Crippen LogP contribution < -0.4 is 0 Å². The van der Waals surface area contributed by atoms with Gasteiger partial charge < -0.3 is 5.21 Å². The smallest absolute Gasteiger partial charge is 0.0773 e. The predicted octanol–water partition coefficient (Wildman–Crippen LogP) is 2.53. The lowest BCUT2D eigenvalue weighted by atomic mass is 10.2. The summed E-state index contributed by atoms with van der Waals surface area (Å²) in [7, 11) is 0. The molecule has 11 heavy (non-hydrogen) atoms. The number of rotatable bonds is 0. The van der Waals surface area contributed by atoms with Gasteiger partial charge in [-0.3, -0.25) is 0 Å². The van der Waals surface area contributed by atoms with Crippen molar-refractivity contribution in [3.63, 3.8) is 0 Å². The molecule has 1 aliphatic rings. The Labute approximate surface area is 75.0 Å². The maximum atomic E-state index is 8.93. The van der Waals surface area contributed by atoms with Gasteiger partial charge in [0, 0.05) is 6.54 Å². The summed E-state index contributed by atoms with van der Waals surface area (Å²) in [6.07, 6.45) is 4.57. The second kappa shape index (κ2) is 6.95. The van der Waals surface area contributed by atoms with Crippen molar-refractivity contribution < 1.29 is 5.21 Å². The Bertz CT molecular complexity index is 80.2. The Kier molecular flexibility index (Phi) is 7.12. The number of hydroxylamine groups is 2. The third-order valence-corrected chi connectivity index (χ3v) is 1.97. The van der Waals surface area contributed by atoms with E-state index in [1.807, 2.05) is 0 Å². The third-order valence-electron chi connectivity index (χ3n) is 1.44. The maximum Gasteiger partial charge on any atom is 0.0773 e. The Hall–Kier alpha value is 0.270. The SMILES string of the molecule is CCC.ON1CCCCC1S. The zero-order valence-corrected chi connectivity index (χ0v) is 8.35. The van der Waals surface area contributed by atoms with Crippen LogP contribution in [0.5, 0.6) is 0 Å². The van der Waals surface area contributed by atoms with Crippen LogP contribution in [0.2, 0.25) is 0 Å². The molecule has 68 valence electrons. The Morgan fingerprint density at radius 3 is 2.27 bits per heavy atom. The van der Waals surface area contributed by atoms with Gasteiger partial charge in [-0.05, 0) is 19.3 Å². The first-order valence-corrected chi connectivity index (χ1v) is 4.87. The molecule has 0 aliphatic carbocycles. The molecule has 0 aromatic rings. The van der Waals surface area contributed by atoms with Crippen LogP contribution in [-0.2, 0) is 0 Å². The number of nitrogens with zero attached hydrogens (tertiary/aromatic N) is 1. The number of thiol groups is 1. The topological polar surface area (TPSA) is 23.5 Å². The second-order valence-corrected chi connectivity index (χ2v) is 3.44. The van der Waals surface area contributed by atoms with Crippen LogP contribution in [0.25, 0.3) is 0 Å². The first-order chi connectivity index (χ1) is 5.22. The number of piperidine rings is 1. The van der Waals surface area contributed by atoms with Gasteiger partial charge in [0.15, 0.2) is 0 Å². The molecule has 1 rings (SSSR count). The summed E-state index contributed by atoms with van der Waals surface area (Å²) >= 11 is 4.13. The van der Waals surface area contributed by atoms with Gasteiger partial charge in [0.2, 0.25) is 0 Å². The van der Waals surface area contributed by atoms with Crippen molar-refractivity contribution in [2.45, 2.75) is 44.9 Å². The predicted molar refractivity (Wildman–Crippen MR) is 51.1 cm³/mol. The highest BCUT2D eigenvalue weighted by molar-refractivity contribution is 7.80. The van der Waals surface area contributed by atoms with Gasteiger partial charge in [-0.2, -0.15) is 17.7 Å². The fraction of sp³-hybridized carbons (Fsp3) is 1.00. The fourth-order valence-electron chi connectivity index (χ4n) is 0.899. The van der Waals surface area contributed by atoms with Gasteiger partial charge in [-0.25, -0.2) is 0 Å². The normalized spacial score (nSPS) is 25.6. The van der Waals surface area contributed by atoms with E-state index in [0.29, 0.717) is 0 Å². The molecule has 1 saturated heterocycles. The molecule has 0 spiro atoms. The monoisotopic (exact) mass is 177 g/mol. The molecular formula is C8H19NOS. The Morgan fingerprint density at radius 2 is 2.00 bits per heavy atom. The lowest BCUT2D eigenvalue weighted by molar-refractivity contribution is -0.114. The lowest BCUT2D eigenvalue weighted by Gasteiger charge is -2.25. The summed E-state index contributed by atoms with van der Waals surface area (Å²) in [4.78, 5) is 0. The molecule has 1 aliphatic heterocycles. The van der Waals surface area contributed by atoms with Gasteiger partial charge in [0.1, 0.15) is 0 Å². The van der Waals surface area contributed by atoms with E-state index >= 15 is 0 Å². The number of hydrogen-bond donors (Lipinski definition) is 2. The van der Waals surface area contributed by atoms with Gasteiger partial charge in [-0.1, -0.05) is 20.3 Å². The minimum atomic E-state index is 0.0868. The summed E-state index contributed by atoms with van der Waals surface area (Å²) in [6, 6.07) is 0. The largest absolute Gasteiger partial charge is 0.313 e. The molecule has 0 aromatic carbocycles. The van der Waals surface area contributed by atoms with E-state index < -0.39 is 0 Å². The minimum Gasteiger partial charge on any atom is -0.313 e. The summed E-state index contributed by atoms with van der Waals surface area (Å²) in [5.74, 6) is 0. The molecule has 1 atom stereocenters. The van der Waals surface area contributed by atoms with E-state index in [-0.39, 0.29) is 5.37 Å². The van der Waals surface area contributed by atoms with Gasteiger partial charge >= 0.3 is 0 Å². The van der Waals surface area contributed by atoms with Crippen LogP contribution in [0, 0.1) is 0 Å². The van der Waals surface area contributed by atoms with E-state index in [1.54, 1.807) is 0 Å². The minimum absolute atomic E-state index is 0.0868. The molecule has 0 amide bonds. The van der Waals surface area contributed by atoms with Gasteiger partial charge in [-0.15, -0.1) is 0 Å². The molecule has 1 unspecified atom stereocenters. The molecule has 2 nitrogen and oxygen atoms in total. The van der Waals surface area contributed by atoms with E-state index in [2.05, 4.69) is 26.5 Å². The van der Waals surface area contributed by atoms with Crippen molar-refractivity contribution in [3.05, 3.63) is 0 Å². The van der Waals surface area contributed by atoms with Crippen molar-refractivity contribution in [1.29, 1.82) is 0 Å². The Morgan fingerprint density at radius 1 is 1.45 bits per heavy atom. The van der Waals surface area contributed by atoms with Crippen molar-refractivity contribution >= 4 is 12.6 Å². The first-order valence-electron chi connectivity index (χ1n) is 4.36. The second-order valence-electron chi connectivity index (χ2n) is 2.85. The van der Waals surface area contributed by atoms with Crippen molar-refractivity contribution in [1.82, 2.24) is 5.06 Å². The zero-order chi connectivity index (χ0) is 8.69.